The minimum atomic E-state index is -0.252. The zero-order valence-electron chi connectivity index (χ0n) is 17.8. The van der Waals surface area contributed by atoms with Crippen molar-refractivity contribution in [2.75, 3.05) is 44.2 Å². The van der Waals surface area contributed by atoms with Gasteiger partial charge in [-0.3, -0.25) is 9.69 Å². The van der Waals surface area contributed by atoms with E-state index in [1.165, 1.54) is 11.8 Å². The summed E-state index contributed by atoms with van der Waals surface area (Å²) in [6.07, 6.45) is 5.70. The van der Waals surface area contributed by atoms with Crippen molar-refractivity contribution >= 4 is 11.9 Å². The van der Waals surface area contributed by atoms with E-state index >= 15 is 0 Å². The molecule has 1 amide bonds. The predicted octanol–water partition coefficient (Wildman–Crippen LogP) is 1.83. The van der Waals surface area contributed by atoms with Crippen molar-refractivity contribution in [3.8, 4) is 0 Å². The number of aromatic nitrogens is 3. The molecule has 1 atom stereocenters. The monoisotopic (exact) mass is 434 g/mol. The van der Waals surface area contributed by atoms with E-state index in [2.05, 4.69) is 42.2 Å². The van der Waals surface area contributed by atoms with Crippen molar-refractivity contribution < 1.29 is 13.9 Å². The van der Waals surface area contributed by atoms with Gasteiger partial charge in [0.15, 0.2) is 5.69 Å². The first-order chi connectivity index (χ1) is 15.8. The summed E-state index contributed by atoms with van der Waals surface area (Å²) < 4.78 is 11.4. The van der Waals surface area contributed by atoms with Gasteiger partial charge in [0, 0.05) is 45.1 Å². The molecule has 0 radical (unpaired) electrons. The number of amides is 1. The van der Waals surface area contributed by atoms with Crippen molar-refractivity contribution in [2.45, 2.75) is 19.1 Å². The number of hydrogen-bond acceptors (Lipinski definition) is 8. The molecule has 0 saturated carbocycles. The Hall–Kier alpha value is -3.30. The minimum Gasteiger partial charge on any atom is -0.447 e. The van der Waals surface area contributed by atoms with Crippen LogP contribution in [0.15, 0.2) is 53.4 Å². The Morgan fingerprint density at radius 3 is 2.75 bits per heavy atom. The van der Waals surface area contributed by atoms with Crippen LogP contribution < -0.4 is 10.2 Å². The molecule has 2 aliphatic rings. The lowest BCUT2D eigenvalue weighted by Crippen LogP contribution is -2.46. The minimum absolute atomic E-state index is 0.139. The van der Waals surface area contributed by atoms with E-state index < -0.39 is 0 Å². The highest BCUT2D eigenvalue weighted by molar-refractivity contribution is 5.91. The molecule has 2 aromatic heterocycles. The van der Waals surface area contributed by atoms with Gasteiger partial charge in [-0.15, -0.1) is 0 Å². The van der Waals surface area contributed by atoms with Crippen LogP contribution in [0.5, 0.6) is 0 Å². The SMILES string of the molecule is O=C(NC[C@@H]1OCCc2ccccc21)c1coc(CN2CCN(c3ncccn3)CC2)n1. The maximum absolute atomic E-state index is 12.6. The summed E-state index contributed by atoms with van der Waals surface area (Å²) in [5.74, 6) is 1.04. The molecule has 1 N–H and O–H groups in total. The third kappa shape index (κ3) is 4.63. The van der Waals surface area contributed by atoms with Crippen LogP contribution in [0.25, 0.3) is 0 Å². The van der Waals surface area contributed by atoms with E-state index in [0.717, 1.165) is 44.1 Å². The number of hydrogen-bond donors (Lipinski definition) is 1. The number of benzene rings is 1. The molecular weight excluding hydrogens is 408 g/mol. The van der Waals surface area contributed by atoms with E-state index in [0.29, 0.717) is 31.3 Å². The Kier molecular flexibility index (Phi) is 6.09. The fourth-order valence-electron chi connectivity index (χ4n) is 4.16. The zero-order chi connectivity index (χ0) is 21.8. The second-order valence-electron chi connectivity index (χ2n) is 7.96. The maximum Gasteiger partial charge on any atom is 0.273 e. The van der Waals surface area contributed by atoms with Gasteiger partial charge in [-0.05, 0) is 23.6 Å². The van der Waals surface area contributed by atoms with Crippen LogP contribution in [0.2, 0.25) is 0 Å². The van der Waals surface area contributed by atoms with Gasteiger partial charge in [-0.1, -0.05) is 24.3 Å². The number of piperazine rings is 1. The first-order valence-electron chi connectivity index (χ1n) is 10.9. The molecule has 1 saturated heterocycles. The highest BCUT2D eigenvalue weighted by Crippen LogP contribution is 2.26. The molecule has 0 spiro atoms. The quantitative estimate of drug-likeness (QED) is 0.628. The van der Waals surface area contributed by atoms with E-state index in [1.54, 1.807) is 12.4 Å². The maximum atomic E-state index is 12.6. The molecular formula is C23H26N6O3. The molecule has 32 heavy (non-hydrogen) atoms. The van der Waals surface area contributed by atoms with Gasteiger partial charge in [0.1, 0.15) is 12.4 Å². The summed E-state index contributed by atoms with van der Waals surface area (Å²) in [5.41, 5.74) is 2.71. The molecule has 1 aromatic carbocycles. The Balaban J connectivity index is 1.12. The second kappa shape index (κ2) is 9.46. The van der Waals surface area contributed by atoms with Crippen LogP contribution in [-0.2, 0) is 17.7 Å². The third-order valence-corrected chi connectivity index (χ3v) is 5.89. The molecule has 166 valence electrons. The van der Waals surface area contributed by atoms with E-state index in [-0.39, 0.29) is 12.0 Å². The van der Waals surface area contributed by atoms with Crippen LogP contribution in [0.4, 0.5) is 5.95 Å². The van der Waals surface area contributed by atoms with Gasteiger partial charge in [-0.25, -0.2) is 15.0 Å². The zero-order valence-corrected chi connectivity index (χ0v) is 17.8. The van der Waals surface area contributed by atoms with Crippen molar-refractivity contribution in [1.29, 1.82) is 0 Å². The average molecular weight is 435 g/mol. The van der Waals surface area contributed by atoms with Crippen molar-refractivity contribution in [1.82, 2.24) is 25.2 Å². The summed E-state index contributed by atoms with van der Waals surface area (Å²) in [6.45, 7) is 5.00. The Labute approximate surface area is 186 Å². The largest absolute Gasteiger partial charge is 0.447 e. The van der Waals surface area contributed by atoms with Crippen LogP contribution in [0.3, 0.4) is 0 Å². The van der Waals surface area contributed by atoms with Gasteiger partial charge in [-0.2, -0.15) is 0 Å². The van der Waals surface area contributed by atoms with Gasteiger partial charge in [0.2, 0.25) is 11.8 Å². The van der Waals surface area contributed by atoms with E-state index in [4.69, 9.17) is 9.15 Å². The summed E-state index contributed by atoms with van der Waals surface area (Å²) in [6, 6.07) is 10.0. The molecule has 5 rings (SSSR count). The summed E-state index contributed by atoms with van der Waals surface area (Å²) in [4.78, 5) is 30.0. The Morgan fingerprint density at radius 2 is 1.91 bits per heavy atom. The number of ether oxygens (including phenoxy) is 1. The molecule has 9 heteroatoms. The van der Waals surface area contributed by atoms with Crippen molar-refractivity contribution in [3.63, 3.8) is 0 Å². The molecule has 0 unspecified atom stereocenters. The standard InChI is InChI=1S/C23H26N6O3/c30-22(26-14-20-18-5-2-1-4-17(18)6-13-31-20)19-16-32-21(27-19)15-28-9-11-29(12-10-28)23-24-7-3-8-25-23/h1-5,7-8,16,20H,6,9-15H2,(H,26,30)/t20-/m0/s1. The molecule has 1 fully saturated rings. The van der Waals surface area contributed by atoms with Crippen LogP contribution in [0, 0.1) is 0 Å². The number of rotatable bonds is 6. The summed E-state index contributed by atoms with van der Waals surface area (Å²) >= 11 is 0. The fourth-order valence-corrected chi connectivity index (χ4v) is 4.16. The Morgan fingerprint density at radius 1 is 1.09 bits per heavy atom. The molecule has 3 aromatic rings. The number of nitrogens with one attached hydrogen (secondary N) is 1. The summed E-state index contributed by atoms with van der Waals surface area (Å²) in [7, 11) is 0. The Bertz CT molecular complexity index is 1050. The lowest BCUT2D eigenvalue weighted by atomic mass is 9.97. The first kappa shape index (κ1) is 20.6. The average Bonchev–Trinajstić information content (AvgIpc) is 3.32. The lowest BCUT2D eigenvalue weighted by Gasteiger charge is -2.33. The second-order valence-corrected chi connectivity index (χ2v) is 7.96. The molecule has 4 heterocycles. The fraction of sp³-hybridized carbons (Fsp3) is 0.391. The number of carbonyl (C=O) groups excluding carboxylic acids is 1. The highest BCUT2D eigenvalue weighted by Gasteiger charge is 2.23. The van der Waals surface area contributed by atoms with Gasteiger partial charge >= 0.3 is 0 Å². The number of anilines is 1. The molecule has 0 bridgehead atoms. The number of fused-ring (bicyclic) bond motifs is 1. The third-order valence-electron chi connectivity index (χ3n) is 5.89. The normalized spacial score (nSPS) is 18.9. The first-order valence-corrected chi connectivity index (χ1v) is 10.9. The molecule has 0 aliphatic carbocycles. The van der Waals surface area contributed by atoms with Gasteiger partial charge < -0.3 is 19.4 Å². The van der Waals surface area contributed by atoms with Crippen molar-refractivity contribution in [3.05, 3.63) is 71.7 Å². The predicted molar refractivity (Wildman–Crippen MR) is 117 cm³/mol. The molecule has 9 nitrogen and oxygen atoms in total. The van der Waals surface area contributed by atoms with E-state index in [9.17, 15) is 4.79 Å². The topological polar surface area (TPSA) is 96.6 Å². The van der Waals surface area contributed by atoms with Crippen LogP contribution in [-0.4, -0.2) is 65.1 Å². The van der Waals surface area contributed by atoms with Gasteiger partial charge in [0.25, 0.3) is 5.91 Å². The number of carbonyl (C=O) groups is 1. The number of nitrogens with zero attached hydrogens (tertiary/aromatic N) is 5. The summed E-state index contributed by atoms with van der Waals surface area (Å²) in [5, 5.41) is 2.93. The van der Waals surface area contributed by atoms with E-state index in [1.807, 2.05) is 18.2 Å². The molecule has 2 aliphatic heterocycles. The number of oxazole rings is 1. The van der Waals surface area contributed by atoms with Gasteiger partial charge in [0.05, 0.1) is 13.2 Å². The van der Waals surface area contributed by atoms with Crippen LogP contribution >= 0.6 is 0 Å². The van der Waals surface area contributed by atoms with Crippen LogP contribution in [0.1, 0.15) is 33.6 Å². The smallest absolute Gasteiger partial charge is 0.273 e. The van der Waals surface area contributed by atoms with Crippen molar-refractivity contribution in [2.24, 2.45) is 0 Å². The highest BCUT2D eigenvalue weighted by atomic mass is 16.5. The lowest BCUT2D eigenvalue weighted by molar-refractivity contribution is 0.0411.